The number of hydroxylamine groups is 6. The van der Waals surface area contributed by atoms with Gasteiger partial charge >= 0.3 is 36.6 Å². The number of hydrogen-bond donors (Lipinski definition) is 7. The number of aryl methyl sites for hydroxylation is 15. The van der Waals surface area contributed by atoms with Crippen LogP contribution in [0.3, 0.4) is 0 Å². The Morgan fingerprint density at radius 2 is 0.473 bits per heavy atom. The Balaban J connectivity index is 0.000000219. The third-order valence-electron chi connectivity index (χ3n) is 24.4. The molecule has 13 rings (SSSR count). The highest BCUT2D eigenvalue weighted by molar-refractivity contribution is 6.34. The van der Waals surface area contributed by atoms with Crippen molar-refractivity contribution in [1.82, 2.24) is 0 Å². The molecule has 802 valence electrons. The largest absolute Gasteiger partial charge is 0.493 e. The van der Waals surface area contributed by atoms with E-state index in [9.17, 15) is 65.1 Å². The number of halogens is 6. The van der Waals surface area contributed by atoms with Crippen LogP contribution < -0.4 is 63.5 Å². The van der Waals surface area contributed by atoms with Crippen LogP contribution in [0.4, 0.5) is 62.9 Å². The highest BCUT2D eigenvalue weighted by atomic mass is 35.5. The molecule has 32 nitrogen and oxygen atoms in total. The monoisotopic (exact) mass is 2180 g/mol. The van der Waals surface area contributed by atoms with Crippen LogP contribution in [0.5, 0.6) is 40.2 Å². The first kappa shape index (κ1) is 122. The van der Waals surface area contributed by atoms with Gasteiger partial charge in [0, 0.05) is 27.8 Å². The summed E-state index contributed by atoms with van der Waals surface area (Å²) in [5.41, 5.74) is 22.5. The van der Waals surface area contributed by atoms with Crippen molar-refractivity contribution in [2.24, 2.45) is 0 Å². The number of carbonyl (C=O) groups is 6. The van der Waals surface area contributed by atoms with Crippen LogP contribution in [-0.4, -0.2) is 122 Å². The molecule has 38 heteroatoms. The number of carbonyl (C=O) groups excluding carboxylic acids is 6. The Morgan fingerprint density at radius 1 is 0.260 bits per heavy atom. The zero-order valence-corrected chi connectivity index (χ0v) is 92.0. The van der Waals surface area contributed by atoms with Gasteiger partial charge < -0.3 is 66.7 Å². The van der Waals surface area contributed by atoms with Crippen molar-refractivity contribution in [2.75, 3.05) is 79.6 Å². The molecule has 7 N–H and O–H groups in total. The van der Waals surface area contributed by atoms with E-state index in [4.69, 9.17) is 103 Å². The zero-order valence-electron chi connectivity index (χ0n) is 87.5. The van der Waals surface area contributed by atoms with Gasteiger partial charge in [-0.15, -0.1) is 0 Å². The number of aliphatic hydroxyl groups excluding tert-OH is 1. The lowest BCUT2D eigenvalue weighted by Crippen LogP contribution is -2.28. The number of anilines is 6. The minimum atomic E-state index is -0.944. The lowest BCUT2D eigenvalue weighted by molar-refractivity contribution is 0.140. The van der Waals surface area contributed by atoms with Gasteiger partial charge in [-0.2, -0.15) is 30.4 Å². The van der Waals surface area contributed by atoms with Gasteiger partial charge in [0.15, 0.2) is 0 Å². The van der Waals surface area contributed by atoms with Gasteiger partial charge in [-0.05, 0) is 339 Å². The van der Waals surface area contributed by atoms with Gasteiger partial charge in [-0.1, -0.05) is 143 Å². The topological polar surface area (TPSA) is 383 Å². The molecule has 150 heavy (non-hydrogen) atoms. The fraction of sp³-hybridized carbons (Fsp3) is 0.304. The molecule has 0 aliphatic heterocycles. The smallest absolute Gasteiger partial charge is 0.438 e. The average molecular weight is 2180 g/mol. The number of nitrogens with zero attached hydrogens (tertiary/aromatic N) is 6. The van der Waals surface area contributed by atoms with Crippen molar-refractivity contribution in [3.8, 4) is 40.2 Å². The van der Waals surface area contributed by atoms with E-state index in [1.165, 1.54) is 41.6 Å². The molecular weight excluding hydrogens is 2060 g/mol. The third-order valence-corrected chi connectivity index (χ3v) is 26.2. The summed E-state index contributed by atoms with van der Waals surface area (Å²) in [5.74, 6) is 4.15. The number of hydrogen-bond acceptors (Lipinski definition) is 26. The fourth-order valence-electron chi connectivity index (χ4n) is 14.7. The van der Waals surface area contributed by atoms with Crippen molar-refractivity contribution in [3.05, 3.63) is 340 Å². The SMILES string of the molecule is CCOc1cccc(N(O)C(=O)OC)c1COc1cc(C)c(C)cc1Cl.CCc1cccc(N(O)C(=O)OC)c1COc1cc(C)c(C)cc1Cl.COC(=O)N(O)c1cccc(C)c1COc1cc(C)c(C)cc1Cl.COC(=O)N(O)c1cccc(C)c1COc1cc(C)c(C)cc1Cl.COC(=O)N(O)c1cccc(C2CC2)c1COc1cc(C)c(C)cc1Cl.COC(=O)N(O)c1cccc(CO)c1COc1cc(C)c(C)cc1Cl. The number of ether oxygens (including phenoxy) is 13. The Kier molecular flexibility index (Phi) is 46.9. The van der Waals surface area contributed by atoms with Crippen LogP contribution in [-0.2, 0) is 81.1 Å². The van der Waals surface area contributed by atoms with E-state index < -0.39 is 36.6 Å². The van der Waals surface area contributed by atoms with E-state index in [0.717, 1.165) is 121 Å². The summed E-state index contributed by atoms with van der Waals surface area (Å²) in [5, 5.41) is 75.8. The maximum Gasteiger partial charge on any atom is 0.438 e. The van der Waals surface area contributed by atoms with Crippen LogP contribution in [0, 0.1) is 96.9 Å². The number of rotatable bonds is 29. The normalized spacial score (nSPS) is 11.0. The highest BCUT2D eigenvalue weighted by Crippen LogP contribution is 2.46. The van der Waals surface area contributed by atoms with Crippen LogP contribution >= 0.6 is 69.6 Å². The molecule has 6 amide bonds. The predicted octanol–water partition coefficient (Wildman–Crippen LogP) is 28.9. The standard InChI is InChI=1S/C20H22ClNO4.C19H22ClNO5.C19H22ClNO4.C18H20ClNO5.2C18H20ClNO4/c1-12-9-17(21)19(10-13(12)2)26-11-16-15(14-7-8-14)5-4-6-18(16)22(24)20(23)25-3;1-5-25-17-8-6-7-16(21(23)19(22)24-4)14(17)11-26-18-10-13(3)12(2)9-15(18)20;1-5-14-7-6-8-17(21(23)19(22)24-4)15(14)11-25-18-10-13(3)12(2)9-16(18)20;1-11-7-15(19)17(8-12(11)2)25-10-14-13(9-21)5-4-6-16(14)20(23)18(22)24-3;2*1-11-6-5-7-16(20(22)18(21)23-4)14(11)10-24-17-9-13(3)12(2)8-15(17)19/h4-6,9-10,14,24H,7-8,11H2,1-3H3;6-10,23H,5,11H2,1-4H3;6-10,23H,5,11H2,1-4H3;4-8,21,23H,9-10H2,1-3H3;2*5-9,22H,10H2,1-4H3. The van der Waals surface area contributed by atoms with Gasteiger partial charge in [0.2, 0.25) is 0 Å². The van der Waals surface area contributed by atoms with Crippen molar-refractivity contribution in [3.63, 3.8) is 0 Å². The fourth-order valence-corrected chi connectivity index (χ4v) is 16.3. The molecule has 1 fully saturated rings. The summed E-state index contributed by atoms with van der Waals surface area (Å²) < 4.78 is 68.1. The van der Waals surface area contributed by atoms with Crippen LogP contribution in [0.15, 0.2) is 182 Å². The Hall–Kier alpha value is -13.7. The second-order valence-electron chi connectivity index (χ2n) is 34.4. The van der Waals surface area contributed by atoms with Gasteiger partial charge in [0.05, 0.1) is 126 Å². The van der Waals surface area contributed by atoms with Crippen molar-refractivity contribution in [2.45, 2.75) is 182 Å². The summed E-state index contributed by atoms with van der Waals surface area (Å²) in [6.07, 6.45) is -2.40. The molecule has 0 radical (unpaired) electrons. The van der Waals surface area contributed by atoms with E-state index in [1.807, 2.05) is 208 Å². The summed E-state index contributed by atoms with van der Waals surface area (Å²) >= 11 is 37.5. The van der Waals surface area contributed by atoms with Gasteiger partial charge in [0.25, 0.3) is 0 Å². The second kappa shape index (κ2) is 57.9. The number of amides is 6. The lowest BCUT2D eigenvalue weighted by atomic mass is 10.0. The molecule has 12 aromatic rings. The molecule has 0 saturated heterocycles. The minimum Gasteiger partial charge on any atom is -0.493 e. The number of benzene rings is 12. The first-order chi connectivity index (χ1) is 71.3. The molecule has 0 atom stereocenters. The lowest BCUT2D eigenvalue weighted by Gasteiger charge is -2.20. The minimum absolute atomic E-state index is 0.00232. The molecule has 0 aromatic heterocycles. The van der Waals surface area contributed by atoms with Crippen molar-refractivity contribution in [1.29, 1.82) is 0 Å². The summed E-state index contributed by atoms with van der Waals surface area (Å²) in [7, 11) is 7.18. The van der Waals surface area contributed by atoms with Crippen LogP contribution in [0.25, 0.3) is 0 Å². The predicted molar refractivity (Wildman–Crippen MR) is 578 cm³/mol. The molecule has 0 spiro atoms. The Morgan fingerprint density at radius 3 is 0.733 bits per heavy atom. The first-order valence-corrected chi connectivity index (χ1v) is 49.2. The van der Waals surface area contributed by atoms with E-state index in [1.54, 1.807) is 78.9 Å². The molecular formula is C112H126Cl6N6O26. The highest BCUT2D eigenvalue weighted by Gasteiger charge is 2.32. The molecule has 1 aliphatic carbocycles. The van der Waals surface area contributed by atoms with Gasteiger partial charge in [-0.25, -0.2) is 28.8 Å². The number of methoxy groups -OCH3 is 6. The maximum absolute atomic E-state index is 11.8. The van der Waals surface area contributed by atoms with Gasteiger partial charge in [0.1, 0.15) is 79.9 Å². The summed E-state index contributed by atoms with van der Waals surface area (Å²) in [4.78, 5) is 69.9. The van der Waals surface area contributed by atoms with E-state index >= 15 is 0 Å². The Labute approximate surface area is 903 Å². The van der Waals surface area contributed by atoms with Crippen molar-refractivity contribution < 1.29 is 127 Å². The third kappa shape index (κ3) is 32.7. The molecule has 1 aliphatic rings. The average Bonchev–Trinajstić information content (AvgIpc) is 1.64. The molecule has 1 saturated carbocycles. The van der Waals surface area contributed by atoms with Crippen LogP contribution in [0.1, 0.15) is 161 Å². The zero-order chi connectivity index (χ0) is 111. The first-order valence-electron chi connectivity index (χ1n) is 46.9. The van der Waals surface area contributed by atoms with E-state index in [-0.39, 0.29) is 57.6 Å². The molecule has 0 heterocycles. The van der Waals surface area contributed by atoms with Crippen LogP contribution in [0.2, 0.25) is 30.1 Å². The maximum atomic E-state index is 11.8. The quantitative estimate of drug-likeness (QED) is 0.0130. The molecule has 12 aromatic carbocycles. The van der Waals surface area contributed by atoms with E-state index in [2.05, 4.69) is 28.4 Å². The summed E-state index contributed by atoms with van der Waals surface area (Å²) in [6.45, 7) is 32.1. The Bertz CT molecular complexity index is 6490. The molecule has 0 bridgehead atoms. The summed E-state index contributed by atoms with van der Waals surface area (Å²) in [6, 6.07) is 53.3. The van der Waals surface area contributed by atoms with E-state index in [0.29, 0.717) is 169 Å². The second-order valence-corrected chi connectivity index (χ2v) is 36.9. The molecule has 0 unspecified atom stereocenters. The number of aliphatic hydroxyl groups is 1. The van der Waals surface area contributed by atoms with Gasteiger partial charge in [-0.3, -0.25) is 31.2 Å². The van der Waals surface area contributed by atoms with Crippen molar-refractivity contribution >= 4 is 140 Å².